The fourth-order valence-electron chi connectivity index (χ4n) is 5.81. The number of β-amino-alcohol motifs (C(OH)–C–C–N with tert-alkyl or cyclic N) is 1. The molecule has 45 heavy (non-hydrogen) atoms. The summed E-state index contributed by atoms with van der Waals surface area (Å²) in [5.41, 5.74) is 0.872. The SMILES string of the molecule is COC(=O)CCCCCNC(O)[C@H](CCCCN1C[C@H](O)[C@@H](O)[C@@H](O)[C@H]1CO)NS(=O)(=O)c1cccc2c(N(C)C)cccc12. The molecule has 6 atom stereocenters. The number of esters is 1. The van der Waals surface area contributed by atoms with E-state index in [1.807, 2.05) is 31.1 Å². The zero-order chi connectivity index (χ0) is 33.1. The number of aliphatic hydroxyl groups excluding tert-OH is 5. The van der Waals surface area contributed by atoms with Gasteiger partial charge in [-0.25, -0.2) is 13.1 Å². The first kappa shape index (κ1) is 37.1. The summed E-state index contributed by atoms with van der Waals surface area (Å²) in [6, 6.07) is 8.95. The van der Waals surface area contributed by atoms with Crippen LogP contribution in [0.3, 0.4) is 0 Å². The van der Waals surface area contributed by atoms with Crippen LogP contribution in [-0.2, 0) is 19.6 Å². The molecule has 1 aliphatic heterocycles. The zero-order valence-electron chi connectivity index (χ0n) is 26.4. The summed E-state index contributed by atoms with van der Waals surface area (Å²) in [7, 11) is 1.04. The summed E-state index contributed by atoms with van der Waals surface area (Å²) in [5, 5.41) is 55.6. The number of fused-ring (bicyclic) bond motifs is 1. The largest absolute Gasteiger partial charge is 0.469 e. The Kier molecular flexibility index (Phi) is 14.4. The monoisotopic (exact) mass is 654 g/mol. The molecule has 0 radical (unpaired) electrons. The predicted octanol–water partition coefficient (Wildman–Crippen LogP) is 0.124. The van der Waals surface area contributed by atoms with E-state index < -0.39 is 53.3 Å². The lowest BCUT2D eigenvalue weighted by molar-refractivity contribution is -0.145. The number of piperidine rings is 1. The molecule has 0 aromatic heterocycles. The van der Waals surface area contributed by atoms with E-state index in [1.54, 1.807) is 29.2 Å². The van der Waals surface area contributed by atoms with Gasteiger partial charge in [0.2, 0.25) is 10.0 Å². The first-order valence-corrected chi connectivity index (χ1v) is 17.0. The molecule has 1 aliphatic rings. The quantitative estimate of drug-likeness (QED) is 0.0654. The second kappa shape index (κ2) is 17.5. The van der Waals surface area contributed by atoms with Crippen molar-refractivity contribution in [3.8, 4) is 0 Å². The number of sulfonamides is 1. The number of nitrogens with one attached hydrogen (secondary N) is 2. The molecule has 3 rings (SSSR count). The smallest absolute Gasteiger partial charge is 0.305 e. The molecule has 1 unspecified atom stereocenters. The minimum absolute atomic E-state index is 0.0791. The zero-order valence-corrected chi connectivity index (χ0v) is 27.2. The van der Waals surface area contributed by atoms with Crippen molar-refractivity contribution in [2.45, 2.75) is 86.5 Å². The molecule has 0 saturated carbocycles. The van der Waals surface area contributed by atoms with Crippen LogP contribution in [0.15, 0.2) is 41.3 Å². The number of hydrogen-bond acceptors (Lipinski definition) is 12. The lowest BCUT2D eigenvalue weighted by atomic mass is 9.94. The first-order chi connectivity index (χ1) is 21.4. The van der Waals surface area contributed by atoms with Crippen molar-refractivity contribution >= 4 is 32.5 Å². The van der Waals surface area contributed by atoms with E-state index in [4.69, 9.17) is 0 Å². The summed E-state index contributed by atoms with van der Waals surface area (Å²) >= 11 is 0. The molecule has 0 amide bonds. The molecule has 1 heterocycles. The third kappa shape index (κ3) is 10.0. The van der Waals surface area contributed by atoms with Crippen LogP contribution in [-0.4, -0.2) is 129 Å². The van der Waals surface area contributed by atoms with Gasteiger partial charge in [-0.1, -0.05) is 37.1 Å². The van der Waals surface area contributed by atoms with Gasteiger partial charge in [-0.15, -0.1) is 0 Å². The van der Waals surface area contributed by atoms with Crippen molar-refractivity contribution in [1.82, 2.24) is 14.9 Å². The van der Waals surface area contributed by atoms with Crippen molar-refractivity contribution in [3.05, 3.63) is 36.4 Å². The lowest BCUT2D eigenvalue weighted by Gasteiger charge is -2.43. The molecule has 2 aromatic carbocycles. The summed E-state index contributed by atoms with van der Waals surface area (Å²) < 4.78 is 35.0. The van der Waals surface area contributed by atoms with Gasteiger partial charge >= 0.3 is 5.97 Å². The highest BCUT2D eigenvalue weighted by Crippen LogP contribution is 2.30. The van der Waals surface area contributed by atoms with Crippen LogP contribution in [0.1, 0.15) is 44.9 Å². The van der Waals surface area contributed by atoms with E-state index in [9.17, 15) is 38.7 Å². The summed E-state index contributed by atoms with van der Waals surface area (Å²) in [6.45, 7) is 0.475. The van der Waals surface area contributed by atoms with E-state index in [1.165, 1.54) is 7.11 Å². The van der Waals surface area contributed by atoms with Crippen LogP contribution in [0, 0.1) is 0 Å². The molecular weight excluding hydrogens is 604 g/mol. The van der Waals surface area contributed by atoms with Crippen LogP contribution in [0.5, 0.6) is 0 Å². The number of nitrogens with zero attached hydrogens (tertiary/aromatic N) is 2. The maximum Gasteiger partial charge on any atom is 0.305 e. The number of likely N-dealkylation sites (tertiary alicyclic amines) is 1. The summed E-state index contributed by atoms with van der Waals surface area (Å²) in [4.78, 5) is 15.1. The van der Waals surface area contributed by atoms with Crippen LogP contribution < -0.4 is 14.9 Å². The van der Waals surface area contributed by atoms with Crippen LogP contribution in [0.25, 0.3) is 10.8 Å². The fraction of sp³-hybridized carbons (Fsp3) is 0.645. The standard InChI is InChI=1S/C31H50N4O9S/c1-34(2)24-14-9-12-22-21(24)11-10-15-27(22)45(42,43)33-23(31(41)32-17-7-4-5-16-28(38)44-3)13-6-8-18-35-19-26(37)30(40)29(39)25(35)20-36/h9-12,14-15,23,25-26,29-33,36-37,39-41H,4-8,13,16-20H2,1-3H3/t23-,25+,26-,29-,30+,31?/m0/s1. The van der Waals surface area contributed by atoms with Gasteiger partial charge in [0.05, 0.1) is 36.8 Å². The molecule has 14 heteroatoms. The van der Waals surface area contributed by atoms with E-state index in [0.29, 0.717) is 50.6 Å². The number of ether oxygens (including phenoxy) is 1. The number of benzene rings is 2. The number of hydrogen-bond donors (Lipinski definition) is 7. The van der Waals surface area contributed by atoms with Gasteiger partial charge in [0.15, 0.2) is 0 Å². The number of carbonyl (C=O) groups is 1. The Labute approximate surface area is 265 Å². The molecule has 0 aliphatic carbocycles. The highest BCUT2D eigenvalue weighted by molar-refractivity contribution is 7.89. The third-order valence-corrected chi connectivity index (χ3v) is 9.93. The van der Waals surface area contributed by atoms with E-state index in [2.05, 4.69) is 14.8 Å². The molecule has 7 N–H and O–H groups in total. The topological polar surface area (TPSA) is 192 Å². The fourth-order valence-corrected chi connectivity index (χ4v) is 7.31. The molecule has 0 spiro atoms. The molecule has 254 valence electrons. The van der Waals surface area contributed by atoms with Crippen LogP contribution in [0.2, 0.25) is 0 Å². The van der Waals surface area contributed by atoms with Gasteiger partial charge in [-0.3, -0.25) is 15.0 Å². The summed E-state index contributed by atoms with van der Waals surface area (Å²) in [6.07, 6.45) is -1.39. The van der Waals surface area contributed by atoms with Crippen molar-refractivity contribution in [2.24, 2.45) is 0 Å². The Hall–Kier alpha value is -2.40. The maximum absolute atomic E-state index is 13.8. The van der Waals surface area contributed by atoms with Crippen molar-refractivity contribution < 1.29 is 43.5 Å². The van der Waals surface area contributed by atoms with Crippen molar-refractivity contribution in [1.29, 1.82) is 0 Å². The van der Waals surface area contributed by atoms with Gasteiger partial charge in [0.1, 0.15) is 18.4 Å². The molecule has 2 aromatic rings. The number of methoxy groups -OCH3 is 1. The maximum atomic E-state index is 13.8. The number of carbonyl (C=O) groups excluding carboxylic acids is 1. The Morgan fingerprint density at radius 3 is 2.42 bits per heavy atom. The average Bonchev–Trinajstić information content (AvgIpc) is 3.01. The summed E-state index contributed by atoms with van der Waals surface area (Å²) in [5.74, 6) is -0.279. The predicted molar refractivity (Wildman–Crippen MR) is 171 cm³/mol. The van der Waals surface area contributed by atoms with Crippen LogP contribution in [0.4, 0.5) is 5.69 Å². The van der Waals surface area contributed by atoms with Gasteiger partial charge in [-0.05, 0) is 50.9 Å². The Balaban J connectivity index is 1.71. The molecule has 0 bridgehead atoms. The minimum Gasteiger partial charge on any atom is -0.469 e. The molecule has 1 fully saturated rings. The Morgan fingerprint density at radius 2 is 1.73 bits per heavy atom. The van der Waals surface area contributed by atoms with Gasteiger partial charge in [0.25, 0.3) is 0 Å². The number of anilines is 1. The normalized spacial score (nSPS) is 22.3. The number of unbranched alkanes of at least 4 members (excludes halogenated alkanes) is 3. The van der Waals surface area contributed by atoms with E-state index in [0.717, 1.165) is 17.5 Å². The van der Waals surface area contributed by atoms with Crippen LogP contribution >= 0.6 is 0 Å². The molecule has 13 nitrogen and oxygen atoms in total. The van der Waals surface area contributed by atoms with Crippen molar-refractivity contribution in [2.75, 3.05) is 52.3 Å². The number of rotatable bonds is 18. The minimum atomic E-state index is -4.07. The lowest BCUT2D eigenvalue weighted by Crippen LogP contribution is -2.62. The average molecular weight is 655 g/mol. The van der Waals surface area contributed by atoms with Gasteiger partial charge in [0, 0.05) is 43.5 Å². The highest BCUT2D eigenvalue weighted by atomic mass is 32.2. The number of aliphatic hydroxyl groups is 5. The Morgan fingerprint density at radius 1 is 1.02 bits per heavy atom. The van der Waals surface area contributed by atoms with E-state index >= 15 is 0 Å². The van der Waals surface area contributed by atoms with E-state index in [-0.39, 0.29) is 23.8 Å². The van der Waals surface area contributed by atoms with Gasteiger partial charge in [-0.2, -0.15) is 0 Å². The highest BCUT2D eigenvalue weighted by Gasteiger charge is 2.40. The van der Waals surface area contributed by atoms with Gasteiger partial charge < -0.3 is 35.2 Å². The Bertz CT molecular complexity index is 1330. The second-order valence-electron chi connectivity index (χ2n) is 11.8. The first-order valence-electron chi connectivity index (χ1n) is 15.5. The third-order valence-electron chi connectivity index (χ3n) is 8.38. The second-order valence-corrected chi connectivity index (χ2v) is 13.5. The molecular formula is C31H50N4O9S. The molecule has 1 saturated heterocycles. The van der Waals surface area contributed by atoms with Crippen molar-refractivity contribution in [3.63, 3.8) is 0 Å².